The normalized spacial score (nSPS) is 11.0. The number of hydrogen-bond donors (Lipinski definition) is 1. The van der Waals surface area contributed by atoms with Gasteiger partial charge in [0.05, 0.1) is 40.1 Å². The number of hydrogen-bond acceptors (Lipinski definition) is 3. The Balaban J connectivity index is 0. The summed E-state index contributed by atoms with van der Waals surface area (Å²) in [5.74, 6) is -2.94. The molecule has 0 heterocycles. The lowest BCUT2D eigenvalue weighted by molar-refractivity contribution is -0.870. The van der Waals surface area contributed by atoms with Gasteiger partial charge in [0.2, 0.25) is 0 Å². The molecular weight excluding hydrogens is 366 g/mol. The van der Waals surface area contributed by atoms with E-state index in [4.69, 9.17) is 5.11 Å². The zero-order valence-electron chi connectivity index (χ0n) is 19.8. The third-order valence-electron chi connectivity index (χ3n) is 4.98. The minimum atomic E-state index is -1.56. The maximum absolute atomic E-state index is 9.39. The fourth-order valence-corrected chi connectivity index (χ4v) is 3.26. The predicted molar refractivity (Wildman–Crippen MR) is 120 cm³/mol. The van der Waals surface area contributed by atoms with Crippen LogP contribution in [0, 0.1) is 0 Å². The summed E-state index contributed by atoms with van der Waals surface area (Å²) in [6, 6.07) is 0. The van der Waals surface area contributed by atoms with E-state index in [1.54, 1.807) is 0 Å². The van der Waals surface area contributed by atoms with Crippen molar-refractivity contribution in [2.45, 2.75) is 116 Å². The molecule has 29 heavy (non-hydrogen) atoms. The predicted octanol–water partition coefficient (Wildman–Crippen LogP) is 5.17. The number of unbranched alkanes of at least 4 members (excludes halogenated alkanes) is 15. The molecule has 0 saturated carbocycles. The zero-order chi connectivity index (χ0) is 22.4. The fourth-order valence-electron chi connectivity index (χ4n) is 3.26. The molecule has 0 rings (SSSR count). The molecule has 0 saturated heterocycles. The van der Waals surface area contributed by atoms with Crippen LogP contribution in [0.2, 0.25) is 0 Å². The summed E-state index contributed by atoms with van der Waals surface area (Å²) in [5.41, 5.74) is 0. The first-order valence-electron chi connectivity index (χ1n) is 11.9. The maximum Gasteiger partial charge on any atom is 0.309 e. The maximum atomic E-state index is 9.39. The molecule has 0 aliphatic carbocycles. The SMILES string of the molecule is CCCCCCCCCCCCCCCCCC[N+](C)(C)C.O=C([O-])CC(=O)O. The van der Waals surface area contributed by atoms with Gasteiger partial charge in [0.15, 0.2) is 0 Å². The smallest absolute Gasteiger partial charge is 0.309 e. The van der Waals surface area contributed by atoms with Crippen molar-refractivity contribution in [3.63, 3.8) is 0 Å². The Labute approximate surface area is 180 Å². The summed E-state index contributed by atoms with van der Waals surface area (Å²) >= 11 is 0. The molecule has 0 spiro atoms. The van der Waals surface area contributed by atoms with Crippen molar-refractivity contribution >= 4 is 11.9 Å². The Bertz CT molecular complexity index is 366. The van der Waals surface area contributed by atoms with Crippen LogP contribution < -0.4 is 5.11 Å². The Hall–Kier alpha value is -1.10. The quantitative estimate of drug-likeness (QED) is 0.179. The van der Waals surface area contributed by atoms with Crippen LogP contribution in [0.25, 0.3) is 0 Å². The van der Waals surface area contributed by atoms with Crippen LogP contribution in [0.4, 0.5) is 0 Å². The van der Waals surface area contributed by atoms with Crippen LogP contribution in [0.15, 0.2) is 0 Å². The molecule has 5 heteroatoms. The van der Waals surface area contributed by atoms with Crippen molar-refractivity contribution in [3.8, 4) is 0 Å². The number of carboxylic acid groups (broad SMARTS) is 2. The number of aliphatic carboxylic acids is 2. The molecule has 0 fully saturated rings. The average molecular weight is 416 g/mol. The fraction of sp³-hybridized carbons (Fsp3) is 0.917. The lowest BCUT2D eigenvalue weighted by atomic mass is 10.0. The van der Waals surface area contributed by atoms with Crippen LogP contribution >= 0.6 is 0 Å². The van der Waals surface area contributed by atoms with Crippen molar-refractivity contribution in [2.24, 2.45) is 0 Å². The van der Waals surface area contributed by atoms with Crippen molar-refractivity contribution in [3.05, 3.63) is 0 Å². The highest BCUT2D eigenvalue weighted by Crippen LogP contribution is 2.13. The van der Waals surface area contributed by atoms with Gasteiger partial charge >= 0.3 is 5.97 Å². The molecule has 1 N–H and O–H groups in total. The van der Waals surface area contributed by atoms with E-state index in [1.807, 2.05) is 0 Å². The van der Waals surface area contributed by atoms with Crippen LogP contribution in [0.3, 0.4) is 0 Å². The van der Waals surface area contributed by atoms with Crippen LogP contribution in [-0.4, -0.2) is 49.2 Å². The second-order valence-electron chi connectivity index (χ2n) is 9.26. The van der Waals surface area contributed by atoms with E-state index in [0.29, 0.717) is 0 Å². The Morgan fingerprint density at radius 3 is 1.17 bits per heavy atom. The molecule has 0 aromatic heterocycles. The number of carboxylic acids is 2. The van der Waals surface area contributed by atoms with Gasteiger partial charge in [-0.2, -0.15) is 0 Å². The van der Waals surface area contributed by atoms with Gasteiger partial charge in [0, 0.05) is 0 Å². The number of carbonyl (C=O) groups excluding carboxylic acids is 1. The minimum absolute atomic E-state index is 0.917. The molecule has 0 unspecified atom stereocenters. The minimum Gasteiger partial charge on any atom is -0.550 e. The number of quaternary nitrogens is 1. The van der Waals surface area contributed by atoms with Crippen molar-refractivity contribution in [2.75, 3.05) is 27.7 Å². The standard InChI is InChI=1S/C21H46N.C3H4O4/c1-5-6-7-8-9-10-11-12-13-14-15-16-17-18-19-20-21-22(2,3)4;4-2(5)1-3(6)7/h5-21H2,1-4H3;1H2,(H,4,5)(H,6,7)/q+1;/p-1. The number of nitrogens with zero attached hydrogens (tertiary/aromatic N) is 1. The van der Waals surface area contributed by atoms with Gasteiger partial charge in [-0.15, -0.1) is 0 Å². The lowest BCUT2D eigenvalue weighted by Crippen LogP contribution is -2.35. The van der Waals surface area contributed by atoms with Crippen molar-refractivity contribution in [1.29, 1.82) is 0 Å². The monoisotopic (exact) mass is 415 g/mol. The first-order valence-corrected chi connectivity index (χ1v) is 11.9. The number of carbonyl (C=O) groups is 2. The number of rotatable bonds is 19. The topological polar surface area (TPSA) is 77.4 Å². The third-order valence-corrected chi connectivity index (χ3v) is 4.98. The average Bonchev–Trinajstić information content (AvgIpc) is 2.60. The van der Waals surface area contributed by atoms with E-state index in [2.05, 4.69) is 28.1 Å². The highest BCUT2D eigenvalue weighted by atomic mass is 16.4. The molecule has 0 amide bonds. The van der Waals surface area contributed by atoms with E-state index in [0.717, 1.165) is 4.48 Å². The summed E-state index contributed by atoms with van der Waals surface area (Å²) in [7, 11) is 6.89. The highest BCUT2D eigenvalue weighted by Gasteiger charge is 2.04. The molecule has 0 bridgehead atoms. The summed E-state index contributed by atoms with van der Waals surface area (Å²) in [6.07, 6.45) is 22.4. The second kappa shape index (κ2) is 21.6. The molecule has 0 aliphatic rings. The summed E-state index contributed by atoms with van der Waals surface area (Å²) in [5, 5.41) is 17.0. The summed E-state index contributed by atoms with van der Waals surface area (Å²) < 4.78 is 1.12. The lowest BCUT2D eigenvalue weighted by Gasteiger charge is -2.23. The van der Waals surface area contributed by atoms with Gasteiger partial charge in [0.25, 0.3) is 0 Å². The van der Waals surface area contributed by atoms with Gasteiger partial charge in [-0.05, 0) is 12.8 Å². The summed E-state index contributed by atoms with van der Waals surface area (Å²) in [4.78, 5) is 18.7. The Morgan fingerprint density at radius 2 is 0.966 bits per heavy atom. The molecule has 0 atom stereocenters. The first kappa shape index (κ1) is 30.1. The Kier molecular flexibility index (Phi) is 22.4. The van der Waals surface area contributed by atoms with Gasteiger partial charge in [-0.1, -0.05) is 96.8 Å². The van der Waals surface area contributed by atoms with Gasteiger partial charge < -0.3 is 19.5 Å². The van der Waals surface area contributed by atoms with E-state index in [1.165, 1.54) is 109 Å². The van der Waals surface area contributed by atoms with Crippen LogP contribution in [-0.2, 0) is 9.59 Å². The van der Waals surface area contributed by atoms with Gasteiger partial charge in [-0.3, -0.25) is 4.79 Å². The zero-order valence-corrected chi connectivity index (χ0v) is 19.8. The van der Waals surface area contributed by atoms with E-state index in [-0.39, 0.29) is 0 Å². The molecule has 5 nitrogen and oxygen atoms in total. The van der Waals surface area contributed by atoms with Crippen molar-refractivity contribution < 1.29 is 24.3 Å². The first-order chi connectivity index (χ1) is 13.7. The van der Waals surface area contributed by atoms with E-state index >= 15 is 0 Å². The van der Waals surface area contributed by atoms with Gasteiger partial charge in [-0.25, -0.2) is 0 Å². The third kappa shape index (κ3) is 34.8. The van der Waals surface area contributed by atoms with Gasteiger partial charge in [0.1, 0.15) is 0 Å². The van der Waals surface area contributed by atoms with E-state index in [9.17, 15) is 14.7 Å². The molecule has 0 aliphatic heterocycles. The van der Waals surface area contributed by atoms with Crippen LogP contribution in [0.5, 0.6) is 0 Å². The summed E-state index contributed by atoms with van der Waals surface area (Å²) in [6.45, 7) is 3.63. The van der Waals surface area contributed by atoms with Crippen molar-refractivity contribution in [1.82, 2.24) is 0 Å². The largest absolute Gasteiger partial charge is 0.550 e. The highest BCUT2D eigenvalue weighted by molar-refractivity contribution is 5.87. The Morgan fingerprint density at radius 1 is 0.655 bits per heavy atom. The second-order valence-corrected chi connectivity index (χ2v) is 9.26. The molecule has 0 radical (unpaired) electrons. The van der Waals surface area contributed by atoms with Crippen LogP contribution in [0.1, 0.15) is 116 Å². The van der Waals surface area contributed by atoms with E-state index < -0.39 is 18.4 Å². The molecule has 174 valence electrons. The molecule has 0 aromatic rings. The molecular formula is C24H49NO4. The molecule has 0 aromatic carbocycles.